The van der Waals surface area contributed by atoms with Gasteiger partial charge in [-0.1, -0.05) is 26.2 Å². The number of phosphoric ester groups is 1. The second-order valence-electron chi connectivity index (χ2n) is 4.11. The van der Waals surface area contributed by atoms with Crippen LogP contribution in [0.1, 0.15) is 32.6 Å². The van der Waals surface area contributed by atoms with E-state index in [1.807, 2.05) is 0 Å². The zero-order chi connectivity index (χ0) is 14.1. The van der Waals surface area contributed by atoms with Crippen molar-refractivity contribution in [2.75, 3.05) is 12.3 Å². The lowest BCUT2D eigenvalue weighted by atomic mass is 10.2. The summed E-state index contributed by atoms with van der Waals surface area (Å²) in [4.78, 5) is 0. The van der Waals surface area contributed by atoms with Crippen LogP contribution in [0.2, 0.25) is 0 Å². The molecule has 0 amide bonds. The molecular weight excluding hydrogens is 267 g/mol. The topological polar surface area (TPSA) is 96.8 Å². The van der Waals surface area contributed by atoms with E-state index >= 15 is 0 Å². The molecule has 1 rings (SSSR count). The van der Waals surface area contributed by atoms with Gasteiger partial charge in [0.05, 0.1) is 6.61 Å². The molecule has 0 saturated heterocycles. The summed E-state index contributed by atoms with van der Waals surface area (Å²) in [5.74, 6) is 5.32. The van der Waals surface area contributed by atoms with Crippen molar-refractivity contribution in [3.8, 4) is 5.75 Å². The van der Waals surface area contributed by atoms with Crippen molar-refractivity contribution in [1.82, 2.24) is 0 Å². The van der Waals surface area contributed by atoms with Crippen molar-refractivity contribution < 1.29 is 18.2 Å². The molecule has 108 valence electrons. The van der Waals surface area contributed by atoms with E-state index < -0.39 is 7.82 Å². The molecule has 0 radical (unpaired) electrons. The molecule has 0 heterocycles. The Morgan fingerprint density at radius 2 is 1.84 bits per heavy atom. The summed E-state index contributed by atoms with van der Waals surface area (Å²) in [6, 6.07) is 6.39. The monoisotopic (exact) mass is 288 g/mol. The summed E-state index contributed by atoms with van der Waals surface area (Å²) in [7, 11) is -3.75. The van der Waals surface area contributed by atoms with Gasteiger partial charge in [-0.3, -0.25) is 4.52 Å². The average molecular weight is 288 g/mol. The summed E-state index contributed by atoms with van der Waals surface area (Å²) in [5, 5.41) is 0. The lowest BCUT2D eigenvalue weighted by Crippen LogP contribution is -2.07. The molecule has 0 aliphatic carbocycles. The SMILES string of the molecule is CCCCCCOP(=O)(ON)Oc1ccc(N)cc1. The third-order valence-corrected chi connectivity index (χ3v) is 3.67. The Morgan fingerprint density at radius 3 is 2.42 bits per heavy atom. The summed E-state index contributed by atoms with van der Waals surface area (Å²) < 4.78 is 26.7. The third-order valence-electron chi connectivity index (χ3n) is 2.47. The number of benzene rings is 1. The molecule has 4 N–H and O–H groups in total. The fourth-order valence-electron chi connectivity index (χ4n) is 1.44. The first kappa shape index (κ1) is 16.0. The van der Waals surface area contributed by atoms with Gasteiger partial charge in [-0.15, -0.1) is 0 Å². The highest BCUT2D eigenvalue weighted by atomic mass is 31.2. The largest absolute Gasteiger partial charge is 0.546 e. The van der Waals surface area contributed by atoms with Crippen LogP contribution >= 0.6 is 7.82 Å². The second-order valence-corrected chi connectivity index (χ2v) is 5.65. The molecule has 0 fully saturated rings. The van der Waals surface area contributed by atoms with Crippen molar-refractivity contribution in [3.63, 3.8) is 0 Å². The average Bonchev–Trinajstić information content (AvgIpc) is 2.41. The normalized spacial score (nSPS) is 14.0. The number of anilines is 1. The van der Waals surface area contributed by atoms with Crippen LogP contribution in [0.15, 0.2) is 24.3 Å². The zero-order valence-electron chi connectivity index (χ0n) is 11.1. The van der Waals surface area contributed by atoms with E-state index in [2.05, 4.69) is 11.5 Å². The molecule has 19 heavy (non-hydrogen) atoms. The Kier molecular flexibility index (Phi) is 6.87. The van der Waals surface area contributed by atoms with E-state index in [9.17, 15) is 4.57 Å². The summed E-state index contributed by atoms with van der Waals surface area (Å²) >= 11 is 0. The molecule has 0 aliphatic rings. The van der Waals surface area contributed by atoms with Gasteiger partial charge >= 0.3 is 7.82 Å². The minimum atomic E-state index is -3.75. The van der Waals surface area contributed by atoms with Crippen LogP contribution in [0.5, 0.6) is 5.75 Å². The number of nitrogen functional groups attached to an aromatic ring is 1. The molecule has 1 aromatic rings. The maximum atomic E-state index is 12.0. The molecule has 7 heteroatoms. The van der Waals surface area contributed by atoms with Gasteiger partial charge < -0.3 is 10.3 Å². The van der Waals surface area contributed by atoms with E-state index in [0.717, 1.165) is 25.7 Å². The zero-order valence-corrected chi connectivity index (χ0v) is 12.0. The van der Waals surface area contributed by atoms with E-state index in [0.29, 0.717) is 11.4 Å². The maximum Gasteiger partial charge on any atom is 0.546 e. The number of unbranched alkanes of at least 4 members (excludes halogenated alkanes) is 3. The first-order valence-electron chi connectivity index (χ1n) is 6.28. The molecular formula is C12H21N2O4P. The van der Waals surface area contributed by atoms with Crippen molar-refractivity contribution in [2.24, 2.45) is 5.90 Å². The summed E-state index contributed by atoms with van der Waals surface area (Å²) in [5.41, 5.74) is 6.12. The molecule has 1 unspecified atom stereocenters. The van der Waals surface area contributed by atoms with Crippen LogP contribution in [0, 0.1) is 0 Å². The first-order chi connectivity index (χ1) is 9.09. The van der Waals surface area contributed by atoms with Gasteiger partial charge in [0.25, 0.3) is 0 Å². The predicted octanol–water partition coefficient (Wildman–Crippen LogP) is 3.24. The Bertz CT molecular complexity index is 411. The number of phosphoric acid groups is 1. The molecule has 1 aromatic carbocycles. The van der Waals surface area contributed by atoms with Gasteiger partial charge in [0.15, 0.2) is 0 Å². The van der Waals surface area contributed by atoms with Crippen LogP contribution in [-0.4, -0.2) is 6.61 Å². The molecule has 0 aliphatic heterocycles. The van der Waals surface area contributed by atoms with Gasteiger partial charge in [-0.05, 0) is 30.7 Å². The van der Waals surface area contributed by atoms with Crippen LogP contribution in [-0.2, 0) is 13.7 Å². The Morgan fingerprint density at radius 1 is 1.16 bits per heavy atom. The number of hydrogen-bond acceptors (Lipinski definition) is 6. The van der Waals surface area contributed by atoms with E-state index in [1.165, 1.54) is 0 Å². The second kappa shape index (κ2) is 8.17. The van der Waals surface area contributed by atoms with Crippen LogP contribution < -0.4 is 16.2 Å². The highest BCUT2D eigenvalue weighted by Crippen LogP contribution is 2.47. The molecule has 0 bridgehead atoms. The van der Waals surface area contributed by atoms with E-state index in [4.69, 9.17) is 20.7 Å². The molecule has 0 saturated carbocycles. The van der Waals surface area contributed by atoms with Gasteiger partial charge in [0.2, 0.25) is 0 Å². The van der Waals surface area contributed by atoms with E-state index in [-0.39, 0.29) is 6.61 Å². The Labute approximate surface area is 113 Å². The van der Waals surface area contributed by atoms with Crippen LogP contribution in [0.4, 0.5) is 5.69 Å². The van der Waals surface area contributed by atoms with Crippen molar-refractivity contribution in [2.45, 2.75) is 32.6 Å². The fraction of sp³-hybridized carbons (Fsp3) is 0.500. The standard InChI is InChI=1S/C12H21N2O4P/c1-2-3-4-5-10-16-19(15,18-14)17-12-8-6-11(13)7-9-12/h6-9H,2-5,10,13-14H2,1H3. The number of hydrogen-bond donors (Lipinski definition) is 2. The van der Waals surface area contributed by atoms with Crippen LogP contribution in [0.3, 0.4) is 0 Å². The van der Waals surface area contributed by atoms with Gasteiger partial charge in [0, 0.05) is 5.69 Å². The molecule has 6 nitrogen and oxygen atoms in total. The molecule has 0 aromatic heterocycles. The fourth-order valence-corrected chi connectivity index (χ4v) is 2.33. The highest BCUT2D eigenvalue weighted by molar-refractivity contribution is 7.48. The van der Waals surface area contributed by atoms with E-state index in [1.54, 1.807) is 24.3 Å². The van der Waals surface area contributed by atoms with Crippen molar-refractivity contribution in [3.05, 3.63) is 24.3 Å². The predicted molar refractivity (Wildman–Crippen MR) is 74.5 cm³/mol. The van der Waals surface area contributed by atoms with Gasteiger partial charge in [-0.25, -0.2) is 10.5 Å². The number of nitrogens with two attached hydrogens (primary N) is 2. The van der Waals surface area contributed by atoms with Gasteiger partial charge in [0.1, 0.15) is 5.75 Å². The van der Waals surface area contributed by atoms with Crippen molar-refractivity contribution in [1.29, 1.82) is 0 Å². The Balaban J connectivity index is 2.45. The smallest absolute Gasteiger partial charge is 0.403 e. The third kappa shape index (κ3) is 6.07. The lowest BCUT2D eigenvalue weighted by molar-refractivity contribution is 0.155. The Hall–Kier alpha value is -1.07. The molecule has 1 atom stereocenters. The lowest BCUT2D eigenvalue weighted by Gasteiger charge is -2.15. The first-order valence-corrected chi connectivity index (χ1v) is 7.74. The van der Waals surface area contributed by atoms with Crippen molar-refractivity contribution >= 4 is 13.5 Å². The summed E-state index contributed by atoms with van der Waals surface area (Å²) in [6.07, 6.45) is 4.01. The molecule has 0 spiro atoms. The quantitative estimate of drug-likeness (QED) is 0.313. The highest BCUT2D eigenvalue weighted by Gasteiger charge is 2.27. The van der Waals surface area contributed by atoms with Gasteiger partial charge in [-0.2, -0.15) is 4.62 Å². The summed E-state index contributed by atoms with van der Waals surface area (Å²) in [6.45, 7) is 2.39. The minimum Gasteiger partial charge on any atom is -0.403 e. The number of rotatable bonds is 9. The van der Waals surface area contributed by atoms with Crippen LogP contribution in [0.25, 0.3) is 0 Å². The minimum absolute atomic E-state index is 0.281. The maximum absolute atomic E-state index is 12.0.